The molecule has 1 fully saturated rings. The fraction of sp³-hybridized carbons (Fsp3) is 0.300. The highest BCUT2D eigenvalue weighted by molar-refractivity contribution is 5.93. The van der Waals surface area contributed by atoms with Gasteiger partial charge in [-0.25, -0.2) is 9.97 Å². The first-order valence-corrected chi connectivity index (χ1v) is 9.60. The van der Waals surface area contributed by atoms with E-state index < -0.39 is 0 Å². The van der Waals surface area contributed by atoms with Crippen LogP contribution in [0.3, 0.4) is 0 Å². The summed E-state index contributed by atoms with van der Waals surface area (Å²) in [5, 5.41) is 10.7. The Bertz CT molecular complexity index is 1120. The molecule has 148 valence electrons. The number of rotatable bonds is 5. The van der Waals surface area contributed by atoms with Gasteiger partial charge in [0.05, 0.1) is 42.1 Å². The van der Waals surface area contributed by atoms with Gasteiger partial charge >= 0.3 is 0 Å². The average Bonchev–Trinajstić information content (AvgIpc) is 3.47. The van der Waals surface area contributed by atoms with Crippen molar-refractivity contribution in [3.05, 3.63) is 66.9 Å². The van der Waals surface area contributed by atoms with Crippen LogP contribution in [-0.2, 0) is 18.4 Å². The Hall–Kier alpha value is -3.46. The van der Waals surface area contributed by atoms with Gasteiger partial charge in [-0.3, -0.25) is 9.48 Å². The molecule has 9 heteroatoms. The maximum atomic E-state index is 12.9. The lowest BCUT2D eigenvalue weighted by molar-refractivity contribution is -0.119. The number of nitrogens with one attached hydrogen (secondary N) is 2. The second-order valence-electron chi connectivity index (χ2n) is 7.45. The van der Waals surface area contributed by atoms with E-state index in [1.807, 2.05) is 59.0 Å². The molecule has 5 rings (SSSR count). The largest absolute Gasteiger partial charge is 0.340 e. The molecule has 0 spiro atoms. The standard InChI is InChI=1S/C20H22N8O/c1-26-12-18(22-13-26)16-7-21-8-17(16)20(29)25-14-6-23-28(10-14)11-15-9-27-5-3-2-4-19(27)24-15/h2-6,9-10,12-13,16-17,21H,7-8,11H2,1H3,(H,25,29)/t16-,17-/m1/s1. The molecule has 2 atom stereocenters. The Morgan fingerprint density at radius 1 is 1.28 bits per heavy atom. The second-order valence-corrected chi connectivity index (χ2v) is 7.45. The number of imidazole rings is 2. The number of carbonyl (C=O) groups is 1. The minimum absolute atomic E-state index is 0.0158. The van der Waals surface area contributed by atoms with E-state index in [9.17, 15) is 4.79 Å². The third kappa shape index (κ3) is 3.52. The van der Waals surface area contributed by atoms with Crippen LogP contribution in [0.25, 0.3) is 5.65 Å². The van der Waals surface area contributed by atoms with Crippen LogP contribution in [0.4, 0.5) is 5.69 Å². The third-order valence-corrected chi connectivity index (χ3v) is 5.29. The van der Waals surface area contributed by atoms with E-state index in [1.165, 1.54) is 0 Å². The Kier molecular flexibility index (Phi) is 4.36. The van der Waals surface area contributed by atoms with Gasteiger partial charge in [0.25, 0.3) is 0 Å². The summed E-state index contributed by atoms with van der Waals surface area (Å²) in [7, 11) is 1.94. The smallest absolute Gasteiger partial charge is 0.229 e. The molecule has 29 heavy (non-hydrogen) atoms. The van der Waals surface area contributed by atoms with E-state index in [0.717, 1.165) is 23.6 Å². The van der Waals surface area contributed by atoms with Crippen LogP contribution in [0, 0.1) is 5.92 Å². The number of carbonyl (C=O) groups excluding carboxylic acids is 1. The fourth-order valence-electron chi connectivity index (χ4n) is 3.87. The quantitative estimate of drug-likeness (QED) is 0.535. The molecule has 1 aliphatic heterocycles. The molecule has 4 aromatic rings. The molecule has 0 bridgehead atoms. The van der Waals surface area contributed by atoms with Crippen molar-refractivity contribution in [2.75, 3.05) is 18.4 Å². The molecule has 5 heterocycles. The molecule has 2 N–H and O–H groups in total. The van der Waals surface area contributed by atoms with Crippen LogP contribution < -0.4 is 10.6 Å². The predicted molar refractivity (Wildman–Crippen MR) is 107 cm³/mol. The molecule has 1 aliphatic rings. The van der Waals surface area contributed by atoms with E-state index in [4.69, 9.17) is 0 Å². The van der Waals surface area contributed by atoms with Gasteiger partial charge in [-0.2, -0.15) is 5.10 Å². The van der Waals surface area contributed by atoms with Crippen LogP contribution in [0.15, 0.2) is 55.5 Å². The number of amides is 1. The van der Waals surface area contributed by atoms with Crippen LogP contribution in [-0.4, -0.2) is 47.7 Å². The Labute approximate surface area is 167 Å². The minimum Gasteiger partial charge on any atom is -0.340 e. The first-order valence-electron chi connectivity index (χ1n) is 9.60. The number of hydrogen-bond donors (Lipinski definition) is 2. The van der Waals surface area contributed by atoms with E-state index in [0.29, 0.717) is 18.8 Å². The summed E-state index contributed by atoms with van der Waals surface area (Å²) >= 11 is 0. The SMILES string of the molecule is Cn1cnc([C@@H]2CNC[C@H]2C(=O)Nc2cnn(Cc3cn4ccccc4n3)c2)c1. The molecule has 0 radical (unpaired) electrons. The molecule has 0 aromatic carbocycles. The predicted octanol–water partition coefficient (Wildman–Crippen LogP) is 1.25. The van der Waals surface area contributed by atoms with Crippen molar-refractivity contribution in [2.24, 2.45) is 13.0 Å². The molecule has 1 amide bonds. The van der Waals surface area contributed by atoms with Crippen LogP contribution in [0.1, 0.15) is 17.3 Å². The molecule has 0 unspecified atom stereocenters. The zero-order valence-electron chi connectivity index (χ0n) is 16.1. The lowest BCUT2D eigenvalue weighted by Gasteiger charge is -2.15. The Balaban J connectivity index is 1.26. The zero-order valence-corrected chi connectivity index (χ0v) is 16.1. The van der Waals surface area contributed by atoms with Crippen molar-refractivity contribution in [3.8, 4) is 0 Å². The Morgan fingerprint density at radius 2 is 2.21 bits per heavy atom. The van der Waals surface area contributed by atoms with Gasteiger partial charge in [0.2, 0.25) is 5.91 Å². The molecule has 0 aliphatic carbocycles. The zero-order chi connectivity index (χ0) is 19.8. The van der Waals surface area contributed by atoms with Gasteiger partial charge in [0, 0.05) is 50.8 Å². The summed E-state index contributed by atoms with van der Waals surface area (Å²) in [5.41, 5.74) is 3.44. The number of aryl methyl sites for hydroxylation is 1. The summed E-state index contributed by atoms with van der Waals surface area (Å²) < 4.78 is 5.67. The summed E-state index contributed by atoms with van der Waals surface area (Å²) in [6.07, 6.45) is 11.2. The monoisotopic (exact) mass is 390 g/mol. The van der Waals surface area contributed by atoms with Gasteiger partial charge in [0.15, 0.2) is 0 Å². The van der Waals surface area contributed by atoms with Gasteiger partial charge in [-0.15, -0.1) is 0 Å². The lowest BCUT2D eigenvalue weighted by Crippen LogP contribution is -2.28. The second kappa shape index (κ2) is 7.17. The maximum Gasteiger partial charge on any atom is 0.229 e. The molecule has 0 saturated carbocycles. The van der Waals surface area contributed by atoms with Crippen molar-refractivity contribution >= 4 is 17.2 Å². The number of aromatic nitrogens is 6. The number of nitrogens with zero attached hydrogens (tertiary/aromatic N) is 6. The molecule has 4 aromatic heterocycles. The van der Waals surface area contributed by atoms with E-state index in [-0.39, 0.29) is 17.7 Å². The van der Waals surface area contributed by atoms with E-state index >= 15 is 0 Å². The number of hydrogen-bond acceptors (Lipinski definition) is 5. The highest BCUT2D eigenvalue weighted by atomic mass is 16.2. The van der Waals surface area contributed by atoms with Crippen LogP contribution in [0.5, 0.6) is 0 Å². The molecule has 1 saturated heterocycles. The van der Waals surface area contributed by atoms with Gasteiger partial charge in [0.1, 0.15) is 5.65 Å². The topological polar surface area (TPSA) is 94.1 Å². The fourth-order valence-corrected chi connectivity index (χ4v) is 3.87. The van der Waals surface area contributed by atoms with E-state index in [2.05, 4.69) is 25.7 Å². The van der Waals surface area contributed by atoms with Gasteiger partial charge in [-0.05, 0) is 12.1 Å². The maximum absolute atomic E-state index is 12.9. The number of fused-ring (bicyclic) bond motifs is 1. The van der Waals surface area contributed by atoms with Gasteiger partial charge < -0.3 is 19.6 Å². The first-order chi connectivity index (χ1) is 14.2. The Morgan fingerprint density at radius 3 is 3.03 bits per heavy atom. The van der Waals surface area contributed by atoms with Crippen LogP contribution in [0.2, 0.25) is 0 Å². The highest BCUT2D eigenvalue weighted by Crippen LogP contribution is 2.28. The van der Waals surface area contributed by atoms with Crippen molar-refractivity contribution in [1.29, 1.82) is 0 Å². The summed E-state index contributed by atoms with van der Waals surface area (Å²) in [4.78, 5) is 21.9. The number of anilines is 1. The molecular formula is C20H22N8O. The molecular weight excluding hydrogens is 368 g/mol. The summed E-state index contributed by atoms with van der Waals surface area (Å²) in [6.45, 7) is 1.93. The molecule has 9 nitrogen and oxygen atoms in total. The summed E-state index contributed by atoms with van der Waals surface area (Å²) in [6, 6.07) is 5.89. The average molecular weight is 390 g/mol. The normalized spacial score (nSPS) is 19.1. The van der Waals surface area contributed by atoms with Crippen LogP contribution >= 0.6 is 0 Å². The first kappa shape index (κ1) is 17.6. The van der Waals surface area contributed by atoms with Crippen molar-refractivity contribution in [2.45, 2.75) is 12.5 Å². The van der Waals surface area contributed by atoms with Gasteiger partial charge in [-0.1, -0.05) is 6.07 Å². The van der Waals surface area contributed by atoms with Crippen molar-refractivity contribution < 1.29 is 4.79 Å². The number of pyridine rings is 1. The highest BCUT2D eigenvalue weighted by Gasteiger charge is 2.35. The third-order valence-electron chi connectivity index (χ3n) is 5.29. The summed E-state index contributed by atoms with van der Waals surface area (Å²) in [5.74, 6) is -0.103. The lowest BCUT2D eigenvalue weighted by atomic mass is 9.92. The minimum atomic E-state index is -0.160. The van der Waals surface area contributed by atoms with E-state index in [1.54, 1.807) is 17.2 Å². The van der Waals surface area contributed by atoms with Crippen molar-refractivity contribution in [1.82, 2.24) is 34.0 Å². The van der Waals surface area contributed by atoms with Crippen molar-refractivity contribution in [3.63, 3.8) is 0 Å².